The fraction of sp³-hybridized carbons (Fsp3) is 0.500. The van der Waals surface area contributed by atoms with E-state index in [1.54, 1.807) is 0 Å². The molecule has 0 aromatic heterocycles. The minimum atomic E-state index is 0.441. The Hall–Kier alpha value is -0.830. The van der Waals surface area contributed by atoms with E-state index in [4.69, 9.17) is 0 Å². The number of halogens is 1. The largest absolute Gasteiger partial charge is 0.365 e. The van der Waals surface area contributed by atoms with Gasteiger partial charge in [0, 0.05) is 35.1 Å². The van der Waals surface area contributed by atoms with E-state index in [-0.39, 0.29) is 0 Å². The van der Waals surface area contributed by atoms with Gasteiger partial charge < -0.3 is 4.90 Å². The Balaban J connectivity index is 1.91. The van der Waals surface area contributed by atoms with Crippen LogP contribution in [0.15, 0.2) is 28.7 Å². The van der Waals surface area contributed by atoms with Gasteiger partial charge in [-0.25, -0.2) is 0 Å². The van der Waals surface area contributed by atoms with E-state index in [1.165, 1.54) is 12.1 Å². The fourth-order valence-corrected chi connectivity index (χ4v) is 3.47. The fourth-order valence-electron chi connectivity index (χ4n) is 3.21. The molecule has 0 N–H and O–H groups in total. The molecule has 0 radical (unpaired) electrons. The van der Waals surface area contributed by atoms with E-state index in [9.17, 15) is 4.79 Å². The van der Waals surface area contributed by atoms with E-state index < -0.39 is 0 Å². The smallest absolute Gasteiger partial charge is 0.137 e. The van der Waals surface area contributed by atoms with Crippen molar-refractivity contribution >= 4 is 27.4 Å². The molecule has 90 valence electrons. The summed E-state index contributed by atoms with van der Waals surface area (Å²) >= 11 is 3.47. The maximum absolute atomic E-state index is 11.7. The summed E-state index contributed by atoms with van der Waals surface area (Å²) in [5.41, 5.74) is 1.27. The third-order valence-corrected chi connectivity index (χ3v) is 4.44. The van der Waals surface area contributed by atoms with Crippen LogP contribution in [-0.4, -0.2) is 17.9 Å². The van der Waals surface area contributed by atoms with Crippen LogP contribution in [0.2, 0.25) is 0 Å². The van der Waals surface area contributed by atoms with Crippen molar-refractivity contribution in [3.05, 3.63) is 28.7 Å². The van der Waals surface area contributed by atoms with E-state index in [0.717, 1.165) is 30.2 Å². The zero-order valence-electron chi connectivity index (χ0n) is 9.73. The molecule has 2 saturated heterocycles. The summed E-state index contributed by atoms with van der Waals surface area (Å²) in [7, 11) is 0. The van der Waals surface area contributed by atoms with Crippen molar-refractivity contribution < 1.29 is 4.79 Å². The topological polar surface area (TPSA) is 20.3 Å². The number of fused-ring (bicyclic) bond motifs is 2. The van der Waals surface area contributed by atoms with E-state index in [1.807, 2.05) is 0 Å². The first kappa shape index (κ1) is 11.3. The van der Waals surface area contributed by atoms with Crippen LogP contribution >= 0.6 is 15.9 Å². The third kappa shape index (κ3) is 2.13. The van der Waals surface area contributed by atoms with Gasteiger partial charge in [0.15, 0.2) is 0 Å². The Morgan fingerprint density at radius 1 is 1.06 bits per heavy atom. The standard InChI is InChI=1S/C14H16BrNO/c15-10-4-6-11(7-5-10)16-12-2-1-3-13(16)9-14(17)8-12/h4-7,12-13H,1-3,8-9H2. The summed E-state index contributed by atoms with van der Waals surface area (Å²) in [5.74, 6) is 0.452. The lowest BCUT2D eigenvalue weighted by Crippen LogP contribution is -2.52. The molecule has 1 aromatic carbocycles. The van der Waals surface area contributed by atoms with Crippen molar-refractivity contribution in [3.8, 4) is 0 Å². The molecule has 2 heterocycles. The molecule has 2 aliphatic rings. The molecule has 3 rings (SSSR count). The Morgan fingerprint density at radius 3 is 2.24 bits per heavy atom. The maximum Gasteiger partial charge on any atom is 0.137 e. The lowest BCUT2D eigenvalue weighted by atomic mass is 9.83. The molecule has 17 heavy (non-hydrogen) atoms. The van der Waals surface area contributed by atoms with E-state index in [0.29, 0.717) is 17.9 Å². The molecule has 2 bridgehead atoms. The summed E-state index contributed by atoms with van der Waals surface area (Å²) in [4.78, 5) is 14.2. The highest BCUT2D eigenvalue weighted by molar-refractivity contribution is 9.10. The van der Waals surface area contributed by atoms with Gasteiger partial charge in [-0.05, 0) is 43.5 Å². The van der Waals surface area contributed by atoms with Gasteiger partial charge in [0.25, 0.3) is 0 Å². The Kier molecular flexibility index (Phi) is 2.95. The van der Waals surface area contributed by atoms with Crippen molar-refractivity contribution in [2.75, 3.05) is 4.90 Å². The van der Waals surface area contributed by atoms with Crippen molar-refractivity contribution in [3.63, 3.8) is 0 Å². The van der Waals surface area contributed by atoms with E-state index >= 15 is 0 Å². The number of piperidine rings is 2. The second-order valence-corrected chi connectivity index (χ2v) is 5.98. The van der Waals surface area contributed by atoms with Gasteiger partial charge in [-0.3, -0.25) is 4.79 Å². The molecular formula is C14H16BrNO. The van der Waals surface area contributed by atoms with Crippen LogP contribution < -0.4 is 4.90 Å². The van der Waals surface area contributed by atoms with Gasteiger partial charge >= 0.3 is 0 Å². The molecule has 3 heteroatoms. The Morgan fingerprint density at radius 2 is 1.65 bits per heavy atom. The number of hydrogen-bond donors (Lipinski definition) is 0. The molecule has 0 amide bonds. The summed E-state index contributed by atoms with van der Waals surface area (Å²) < 4.78 is 1.11. The van der Waals surface area contributed by atoms with Crippen molar-refractivity contribution in [2.45, 2.75) is 44.2 Å². The molecule has 2 atom stereocenters. The summed E-state index contributed by atoms with van der Waals surface area (Å²) in [6.45, 7) is 0. The minimum absolute atomic E-state index is 0.441. The number of hydrogen-bond acceptors (Lipinski definition) is 2. The minimum Gasteiger partial charge on any atom is -0.365 e. The highest BCUT2D eigenvalue weighted by Gasteiger charge is 2.37. The van der Waals surface area contributed by atoms with Gasteiger partial charge in [0.05, 0.1) is 0 Å². The maximum atomic E-state index is 11.7. The zero-order valence-corrected chi connectivity index (χ0v) is 11.3. The van der Waals surface area contributed by atoms with Crippen LogP contribution in [0, 0.1) is 0 Å². The molecule has 1 aromatic rings. The van der Waals surface area contributed by atoms with Gasteiger partial charge in [0.2, 0.25) is 0 Å². The number of benzene rings is 1. The van der Waals surface area contributed by atoms with Crippen molar-refractivity contribution in [2.24, 2.45) is 0 Å². The van der Waals surface area contributed by atoms with Crippen LogP contribution in [0.4, 0.5) is 5.69 Å². The molecule has 0 saturated carbocycles. The lowest BCUT2D eigenvalue weighted by Gasteiger charge is -2.47. The highest BCUT2D eigenvalue weighted by Crippen LogP contribution is 2.36. The Labute approximate surface area is 110 Å². The van der Waals surface area contributed by atoms with Crippen molar-refractivity contribution in [1.29, 1.82) is 0 Å². The van der Waals surface area contributed by atoms with Gasteiger partial charge in [-0.2, -0.15) is 0 Å². The number of anilines is 1. The van der Waals surface area contributed by atoms with Gasteiger partial charge in [-0.15, -0.1) is 0 Å². The van der Waals surface area contributed by atoms with Crippen LogP contribution in [-0.2, 0) is 4.79 Å². The number of ketones is 1. The number of rotatable bonds is 1. The normalized spacial score (nSPS) is 28.3. The van der Waals surface area contributed by atoms with Crippen LogP contribution in [0.3, 0.4) is 0 Å². The molecule has 2 fully saturated rings. The second kappa shape index (κ2) is 4.45. The first-order valence-electron chi connectivity index (χ1n) is 6.29. The number of carbonyl (C=O) groups excluding carboxylic acids is 1. The van der Waals surface area contributed by atoms with Crippen LogP contribution in [0.5, 0.6) is 0 Å². The average molecular weight is 294 g/mol. The molecular weight excluding hydrogens is 278 g/mol. The molecule has 0 spiro atoms. The van der Waals surface area contributed by atoms with Crippen LogP contribution in [0.1, 0.15) is 32.1 Å². The number of nitrogens with zero attached hydrogens (tertiary/aromatic N) is 1. The first-order valence-corrected chi connectivity index (χ1v) is 7.09. The second-order valence-electron chi connectivity index (χ2n) is 5.07. The first-order chi connectivity index (χ1) is 8.24. The third-order valence-electron chi connectivity index (χ3n) is 3.91. The van der Waals surface area contributed by atoms with Crippen molar-refractivity contribution in [1.82, 2.24) is 0 Å². The SMILES string of the molecule is O=C1CC2CCCC(C1)N2c1ccc(Br)cc1. The van der Waals surface area contributed by atoms with Gasteiger partial charge in [0.1, 0.15) is 5.78 Å². The zero-order chi connectivity index (χ0) is 11.8. The average Bonchev–Trinajstić information content (AvgIpc) is 2.29. The molecule has 0 aliphatic carbocycles. The number of Topliss-reactive ketones (excluding diaryl/α,β-unsaturated/α-hetero) is 1. The molecule has 2 nitrogen and oxygen atoms in total. The quantitative estimate of drug-likeness (QED) is 0.789. The predicted octanol–water partition coefficient (Wildman–Crippen LogP) is 3.54. The highest BCUT2D eigenvalue weighted by atomic mass is 79.9. The van der Waals surface area contributed by atoms with E-state index in [2.05, 4.69) is 45.1 Å². The van der Waals surface area contributed by atoms with Crippen LogP contribution in [0.25, 0.3) is 0 Å². The monoisotopic (exact) mass is 293 g/mol. The summed E-state index contributed by atoms with van der Waals surface area (Å²) in [6, 6.07) is 9.37. The summed E-state index contributed by atoms with van der Waals surface area (Å²) in [6.07, 6.45) is 5.09. The Bertz CT molecular complexity index is 412. The van der Waals surface area contributed by atoms with Gasteiger partial charge in [-0.1, -0.05) is 15.9 Å². The molecule has 2 unspecified atom stereocenters. The number of carbonyl (C=O) groups is 1. The predicted molar refractivity (Wildman–Crippen MR) is 72.3 cm³/mol. The molecule has 2 aliphatic heterocycles. The lowest BCUT2D eigenvalue weighted by molar-refractivity contribution is -0.121. The summed E-state index contributed by atoms with van der Waals surface area (Å²) in [5, 5.41) is 0.